The molecule has 1 fully saturated rings. The first-order valence-corrected chi connectivity index (χ1v) is 11.4. The van der Waals surface area contributed by atoms with Gasteiger partial charge < -0.3 is 10.2 Å². The number of carbonyl (C=O) groups excluding carboxylic acids is 1. The van der Waals surface area contributed by atoms with Crippen LogP contribution in [-0.4, -0.2) is 35.1 Å². The summed E-state index contributed by atoms with van der Waals surface area (Å²) in [7, 11) is 4.15. The number of amides is 1. The summed E-state index contributed by atoms with van der Waals surface area (Å²) < 4.78 is 0. The van der Waals surface area contributed by atoms with Crippen molar-refractivity contribution in [3.05, 3.63) is 94.7 Å². The lowest BCUT2D eigenvalue weighted by molar-refractivity contribution is -0.118. The second kappa shape index (κ2) is 7.42. The third kappa shape index (κ3) is 3.28. The SMILES string of the molecule is CN(C)Cc1ccc(/C=C/c2n[nH]c3cc(C4CC45C(=O)Nc4ccccc45)ccc23)cc1. The monoisotopic (exact) mass is 434 g/mol. The van der Waals surface area contributed by atoms with E-state index in [0.29, 0.717) is 0 Å². The Balaban J connectivity index is 1.24. The van der Waals surface area contributed by atoms with E-state index in [0.717, 1.165) is 46.4 Å². The number of hydrogen-bond acceptors (Lipinski definition) is 3. The van der Waals surface area contributed by atoms with Gasteiger partial charge in [-0.25, -0.2) is 0 Å². The van der Waals surface area contributed by atoms with Crippen LogP contribution in [0.3, 0.4) is 0 Å². The number of fused-ring (bicyclic) bond motifs is 3. The van der Waals surface area contributed by atoms with Crippen LogP contribution in [0.25, 0.3) is 23.1 Å². The second-order valence-corrected chi connectivity index (χ2v) is 9.45. The van der Waals surface area contributed by atoms with Gasteiger partial charge in [0.2, 0.25) is 5.91 Å². The molecule has 1 aliphatic carbocycles. The lowest BCUT2D eigenvalue weighted by Gasteiger charge is -2.09. The number of hydrogen-bond donors (Lipinski definition) is 2. The van der Waals surface area contributed by atoms with Gasteiger partial charge in [-0.3, -0.25) is 9.89 Å². The molecule has 4 aromatic rings. The van der Waals surface area contributed by atoms with E-state index in [1.54, 1.807) is 0 Å². The largest absolute Gasteiger partial charge is 0.325 e. The van der Waals surface area contributed by atoms with Crippen LogP contribution in [0.5, 0.6) is 0 Å². The molecule has 5 nitrogen and oxygen atoms in total. The van der Waals surface area contributed by atoms with E-state index < -0.39 is 5.41 Å². The zero-order valence-electron chi connectivity index (χ0n) is 18.8. The number of carbonyl (C=O) groups is 1. The molecule has 2 unspecified atom stereocenters. The Labute approximate surface area is 193 Å². The van der Waals surface area contributed by atoms with Crippen molar-refractivity contribution in [2.45, 2.75) is 24.3 Å². The predicted molar refractivity (Wildman–Crippen MR) is 133 cm³/mol. The number of nitrogens with one attached hydrogen (secondary N) is 2. The van der Waals surface area contributed by atoms with Gasteiger partial charge in [-0.15, -0.1) is 0 Å². The van der Waals surface area contributed by atoms with Crippen molar-refractivity contribution < 1.29 is 4.79 Å². The first-order chi connectivity index (χ1) is 16.0. The van der Waals surface area contributed by atoms with Gasteiger partial charge >= 0.3 is 0 Å². The number of aromatic nitrogens is 2. The molecule has 1 amide bonds. The Morgan fingerprint density at radius 1 is 1.06 bits per heavy atom. The molecule has 2 heterocycles. The maximum atomic E-state index is 12.8. The molecule has 1 spiro atoms. The van der Waals surface area contributed by atoms with Gasteiger partial charge in [-0.1, -0.05) is 60.7 Å². The van der Waals surface area contributed by atoms with Gasteiger partial charge in [0.25, 0.3) is 0 Å². The van der Waals surface area contributed by atoms with E-state index in [1.165, 1.54) is 11.1 Å². The molecular weight excluding hydrogens is 408 g/mol. The van der Waals surface area contributed by atoms with Crippen LogP contribution < -0.4 is 5.32 Å². The van der Waals surface area contributed by atoms with Crippen molar-refractivity contribution in [1.82, 2.24) is 15.1 Å². The third-order valence-electron chi connectivity index (χ3n) is 6.95. The zero-order chi connectivity index (χ0) is 22.6. The molecule has 3 aromatic carbocycles. The van der Waals surface area contributed by atoms with Crippen molar-refractivity contribution in [3.8, 4) is 0 Å². The predicted octanol–water partition coefficient (Wildman–Crippen LogP) is 5.17. The normalized spacial score (nSPS) is 21.3. The summed E-state index contributed by atoms with van der Waals surface area (Å²) in [6.45, 7) is 0.936. The van der Waals surface area contributed by atoms with Crippen molar-refractivity contribution in [1.29, 1.82) is 0 Å². The minimum atomic E-state index is -0.411. The van der Waals surface area contributed by atoms with Gasteiger partial charge in [-0.2, -0.15) is 5.10 Å². The summed E-state index contributed by atoms with van der Waals surface area (Å²) in [6.07, 6.45) is 5.00. The average molecular weight is 435 g/mol. The highest BCUT2D eigenvalue weighted by molar-refractivity contribution is 6.09. The Morgan fingerprint density at radius 3 is 2.70 bits per heavy atom. The molecule has 0 bridgehead atoms. The highest BCUT2D eigenvalue weighted by Gasteiger charge is 2.65. The molecule has 5 heteroatoms. The van der Waals surface area contributed by atoms with E-state index in [4.69, 9.17) is 0 Å². The summed E-state index contributed by atoms with van der Waals surface area (Å²) >= 11 is 0. The van der Waals surface area contributed by atoms with E-state index in [9.17, 15) is 4.79 Å². The van der Waals surface area contributed by atoms with Crippen LogP contribution in [0.4, 0.5) is 5.69 Å². The maximum absolute atomic E-state index is 12.8. The molecule has 0 radical (unpaired) electrons. The van der Waals surface area contributed by atoms with Crippen molar-refractivity contribution in [2.24, 2.45) is 0 Å². The van der Waals surface area contributed by atoms with Crippen LogP contribution >= 0.6 is 0 Å². The zero-order valence-corrected chi connectivity index (χ0v) is 18.8. The van der Waals surface area contributed by atoms with Crippen LogP contribution in [0.15, 0.2) is 66.7 Å². The van der Waals surface area contributed by atoms with E-state index in [-0.39, 0.29) is 11.8 Å². The summed E-state index contributed by atoms with van der Waals surface area (Å²) in [4.78, 5) is 15.0. The minimum Gasteiger partial charge on any atom is -0.325 e. The summed E-state index contributed by atoms with van der Waals surface area (Å²) in [6, 6.07) is 23.1. The highest BCUT2D eigenvalue weighted by Crippen LogP contribution is 2.64. The van der Waals surface area contributed by atoms with Gasteiger partial charge in [-0.05, 0) is 61.0 Å². The Hall–Kier alpha value is -3.70. The fourth-order valence-corrected chi connectivity index (χ4v) is 5.23. The number of H-pyrrole nitrogens is 1. The molecular formula is C28H26N4O. The molecule has 2 atom stereocenters. The quantitative estimate of drug-likeness (QED) is 0.455. The molecule has 1 saturated carbocycles. The van der Waals surface area contributed by atoms with Crippen molar-refractivity contribution in [3.63, 3.8) is 0 Å². The van der Waals surface area contributed by atoms with E-state index >= 15 is 0 Å². The third-order valence-corrected chi connectivity index (χ3v) is 6.95. The summed E-state index contributed by atoms with van der Waals surface area (Å²) in [5.41, 5.74) is 7.23. The van der Waals surface area contributed by atoms with Crippen LogP contribution in [0.1, 0.15) is 40.3 Å². The molecule has 33 heavy (non-hydrogen) atoms. The van der Waals surface area contributed by atoms with Crippen molar-refractivity contribution in [2.75, 3.05) is 19.4 Å². The lowest BCUT2D eigenvalue weighted by atomic mass is 9.92. The van der Waals surface area contributed by atoms with Gasteiger partial charge in [0, 0.05) is 23.5 Å². The molecule has 0 saturated heterocycles. The fourth-order valence-electron chi connectivity index (χ4n) is 5.23. The molecule has 2 N–H and O–H groups in total. The first kappa shape index (κ1) is 19.9. The minimum absolute atomic E-state index is 0.124. The van der Waals surface area contributed by atoms with Crippen LogP contribution in [0, 0.1) is 0 Å². The summed E-state index contributed by atoms with van der Waals surface area (Å²) in [5.74, 6) is 0.326. The second-order valence-electron chi connectivity index (χ2n) is 9.45. The maximum Gasteiger partial charge on any atom is 0.235 e. The number of rotatable bonds is 5. The number of nitrogens with zero attached hydrogens (tertiary/aromatic N) is 2. The Morgan fingerprint density at radius 2 is 1.88 bits per heavy atom. The smallest absolute Gasteiger partial charge is 0.235 e. The molecule has 1 aliphatic heterocycles. The Bertz CT molecular complexity index is 1400. The van der Waals surface area contributed by atoms with Crippen LogP contribution in [-0.2, 0) is 16.8 Å². The first-order valence-electron chi connectivity index (χ1n) is 11.4. The average Bonchev–Trinajstić information content (AvgIpc) is 3.35. The highest BCUT2D eigenvalue weighted by atomic mass is 16.2. The van der Waals surface area contributed by atoms with Gasteiger partial charge in [0.05, 0.1) is 16.6 Å². The molecule has 164 valence electrons. The number of aromatic amines is 1. The summed E-state index contributed by atoms with van der Waals surface area (Å²) in [5, 5.41) is 11.9. The Kier molecular flexibility index (Phi) is 4.49. The number of benzene rings is 3. The molecule has 6 rings (SSSR count). The van der Waals surface area contributed by atoms with E-state index in [2.05, 4.69) is 95.2 Å². The van der Waals surface area contributed by atoms with Crippen LogP contribution in [0.2, 0.25) is 0 Å². The lowest BCUT2D eigenvalue weighted by Crippen LogP contribution is -2.20. The molecule has 1 aromatic heterocycles. The molecule has 2 aliphatic rings. The standard InChI is InChI=1S/C28H26N4O/c1-32(2)17-19-9-7-18(8-10-19)11-14-24-21-13-12-20(15-26(21)31-30-24)23-16-28(23)22-5-3-4-6-25(22)29-27(28)33/h3-15,23H,16-17H2,1-2H3,(H,29,33)(H,30,31)/b14-11+. The van der Waals surface area contributed by atoms with Crippen molar-refractivity contribution >= 4 is 34.6 Å². The number of anilines is 1. The van der Waals surface area contributed by atoms with Gasteiger partial charge in [0.1, 0.15) is 0 Å². The van der Waals surface area contributed by atoms with Gasteiger partial charge in [0.15, 0.2) is 0 Å². The fraction of sp³-hybridized carbons (Fsp3) is 0.214. The number of para-hydroxylation sites is 1. The van der Waals surface area contributed by atoms with E-state index in [1.807, 2.05) is 18.2 Å². The topological polar surface area (TPSA) is 61.0 Å².